The van der Waals surface area contributed by atoms with Gasteiger partial charge in [-0.3, -0.25) is 9.42 Å². The Morgan fingerprint density at radius 2 is 1.80 bits per heavy atom. The fraction of sp³-hybridized carbons (Fsp3) is 0.400. The Hall–Kier alpha value is -0.830. The summed E-state index contributed by atoms with van der Waals surface area (Å²) in [5, 5.41) is 0. The van der Waals surface area contributed by atoms with E-state index in [0.717, 1.165) is 5.56 Å². The summed E-state index contributed by atoms with van der Waals surface area (Å²) in [4.78, 5) is 9.32. The lowest BCUT2D eigenvalue weighted by Crippen LogP contribution is -2.04. The van der Waals surface area contributed by atoms with Crippen molar-refractivity contribution in [2.75, 3.05) is 0 Å². The maximum absolute atomic E-state index is 11.4. The predicted molar refractivity (Wildman–Crippen MR) is 57.9 cm³/mol. The normalized spacial score (nSPS) is 15.0. The molecule has 4 nitrogen and oxygen atoms in total. The summed E-state index contributed by atoms with van der Waals surface area (Å²) in [5.74, 6) is 0.326. The molecular formula is C10H15O4P. The Kier molecular flexibility index (Phi) is 3.91. The topological polar surface area (TPSA) is 55.8 Å². The number of rotatable bonds is 4. The number of hydrogen-bond donors (Lipinski definition) is 1. The molecule has 0 heterocycles. The van der Waals surface area contributed by atoms with E-state index in [1.807, 2.05) is 6.92 Å². The van der Waals surface area contributed by atoms with Gasteiger partial charge in [0.25, 0.3) is 0 Å². The third-order valence-electron chi connectivity index (χ3n) is 1.59. The lowest BCUT2D eigenvalue weighted by Gasteiger charge is -2.15. The van der Waals surface area contributed by atoms with Crippen LogP contribution in [0.4, 0.5) is 0 Å². The summed E-state index contributed by atoms with van der Waals surface area (Å²) in [6.45, 7) is 5.26. The van der Waals surface area contributed by atoms with Crippen molar-refractivity contribution in [1.29, 1.82) is 0 Å². The van der Waals surface area contributed by atoms with Crippen molar-refractivity contribution in [2.45, 2.75) is 26.9 Å². The highest BCUT2D eigenvalue weighted by Crippen LogP contribution is 2.44. The molecule has 0 saturated carbocycles. The fourth-order valence-electron chi connectivity index (χ4n) is 1.02. The first-order valence-corrected chi connectivity index (χ1v) is 6.16. The van der Waals surface area contributed by atoms with Gasteiger partial charge in [-0.1, -0.05) is 17.7 Å². The molecule has 1 unspecified atom stereocenters. The zero-order chi connectivity index (χ0) is 11.5. The maximum Gasteiger partial charge on any atom is 0.527 e. The molecular weight excluding hydrogens is 215 g/mol. The van der Waals surface area contributed by atoms with Crippen LogP contribution in [0.2, 0.25) is 0 Å². The highest BCUT2D eigenvalue weighted by Gasteiger charge is 2.24. The number of phosphoric ester groups is 1. The van der Waals surface area contributed by atoms with E-state index < -0.39 is 7.82 Å². The van der Waals surface area contributed by atoms with Gasteiger partial charge in [0.15, 0.2) is 0 Å². The van der Waals surface area contributed by atoms with Gasteiger partial charge in [-0.25, -0.2) is 4.57 Å². The minimum absolute atomic E-state index is 0.326. The van der Waals surface area contributed by atoms with Gasteiger partial charge in [0.05, 0.1) is 6.10 Å². The van der Waals surface area contributed by atoms with E-state index >= 15 is 0 Å². The number of phosphoric acid groups is 1. The zero-order valence-corrected chi connectivity index (χ0v) is 9.90. The van der Waals surface area contributed by atoms with Crippen molar-refractivity contribution in [1.82, 2.24) is 0 Å². The highest BCUT2D eigenvalue weighted by atomic mass is 31.2. The summed E-state index contributed by atoms with van der Waals surface area (Å²) < 4.78 is 21.0. The van der Waals surface area contributed by atoms with Crippen molar-refractivity contribution < 1.29 is 18.5 Å². The second-order valence-corrected chi connectivity index (χ2v) is 4.86. The van der Waals surface area contributed by atoms with Crippen LogP contribution < -0.4 is 4.52 Å². The monoisotopic (exact) mass is 230 g/mol. The molecule has 5 heteroatoms. The second kappa shape index (κ2) is 4.79. The molecule has 1 aromatic rings. The van der Waals surface area contributed by atoms with Crippen LogP contribution in [-0.2, 0) is 9.09 Å². The first-order valence-electron chi connectivity index (χ1n) is 4.66. The first kappa shape index (κ1) is 12.2. The van der Waals surface area contributed by atoms with Crippen LogP contribution in [0.3, 0.4) is 0 Å². The molecule has 0 spiro atoms. The van der Waals surface area contributed by atoms with E-state index in [2.05, 4.69) is 0 Å². The third-order valence-corrected chi connectivity index (χ3v) is 2.72. The molecule has 0 radical (unpaired) electrons. The minimum Gasteiger partial charge on any atom is -0.404 e. The van der Waals surface area contributed by atoms with Crippen LogP contribution in [0.15, 0.2) is 24.3 Å². The fourth-order valence-corrected chi connectivity index (χ4v) is 1.98. The molecule has 0 bridgehead atoms. The Labute approximate surface area is 89.5 Å². The molecule has 0 fully saturated rings. The third kappa shape index (κ3) is 4.47. The summed E-state index contributed by atoms with van der Waals surface area (Å²) in [5.41, 5.74) is 1.06. The first-order chi connectivity index (χ1) is 6.89. The smallest absolute Gasteiger partial charge is 0.404 e. The predicted octanol–water partition coefficient (Wildman–Crippen LogP) is 2.90. The van der Waals surface area contributed by atoms with E-state index in [-0.39, 0.29) is 6.10 Å². The van der Waals surface area contributed by atoms with E-state index in [1.165, 1.54) is 0 Å². The Balaban J connectivity index is 2.69. The van der Waals surface area contributed by atoms with E-state index in [9.17, 15) is 9.46 Å². The molecule has 0 saturated heterocycles. The van der Waals surface area contributed by atoms with Crippen molar-refractivity contribution in [3.8, 4) is 5.75 Å². The summed E-state index contributed by atoms with van der Waals surface area (Å²) >= 11 is 0. The van der Waals surface area contributed by atoms with Crippen LogP contribution >= 0.6 is 7.82 Å². The molecule has 0 amide bonds. The molecule has 15 heavy (non-hydrogen) atoms. The summed E-state index contributed by atoms with van der Waals surface area (Å²) in [6, 6.07) is 6.85. The van der Waals surface area contributed by atoms with Crippen LogP contribution in [0.1, 0.15) is 19.4 Å². The number of benzene rings is 1. The van der Waals surface area contributed by atoms with Gasteiger partial charge in [0.1, 0.15) is 5.75 Å². The minimum atomic E-state index is -3.99. The standard InChI is InChI=1S/C10H15O4P/c1-8(2)13-15(11,12)14-10-6-4-9(3)5-7-10/h4-8H,1-3H3,(H,11,12). The zero-order valence-electron chi connectivity index (χ0n) is 9.01. The Bertz CT molecular complexity index is 358. The number of aryl methyl sites for hydroxylation is 1. The summed E-state index contributed by atoms with van der Waals surface area (Å²) in [6.07, 6.45) is -0.355. The van der Waals surface area contributed by atoms with E-state index in [4.69, 9.17) is 9.05 Å². The van der Waals surface area contributed by atoms with Crippen LogP contribution in [0.25, 0.3) is 0 Å². The van der Waals surface area contributed by atoms with Gasteiger partial charge >= 0.3 is 7.82 Å². The Morgan fingerprint density at radius 1 is 1.27 bits per heavy atom. The van der Waals surface area contributed by atoms with Gasteiger partial charge < -0.3 is 4.52 Å². The van der Waals surface area contributed by atoms with Crippen molar-refractivity contribution in [2.24, 2.45) is 0 Å². The molecule has 0 aliphatic rings. The van der Waals surface area contributed by atoms with Crippen LogP contribution in [-0.4, -0.2) is 11.0 Å². The van der Waals surface area contributed by atoms with Gasteiger partial charge in [0, 0.05) is 0 Å². The molecule has 1 aromatic carbocycles. The summed E-state index contributed by atoms with van der Waals surface area (Å²) in [7, 11) is -3.99. The SMILES string of the molecule is Cc1ccc(OP(=O)(O)OC(C)C)cc1. The van der Waals surface area contributed by atoms with E-state index in [1.54, 1.807) is 38.1 Å². The van der Waals surface area contributed by atoms with Gasteiger partial charge in [0.2, 0.25) is 0 Å². The van der Waals surface area contributed by atoms with Gasteiger partial charge in [-0.2, -0.15) is 0 Å². The molecule has 1 atom stereocenters. The lowest BCUT2D eigenvalue weighted by atomic mass is 10.2. The molecule has 0 aliphatic heterocycles. The number of hydrogen-bond acceptors (Lipinski definition) is 3. The lowest BCUT2D eigenvalue weighted by molar-refractivity contribution is 0.161. The maximum atomic E-state index is 11.4. The van der Waals surface area contributed by atoms with Crippen molar-refractivity contribution in [3.63, 3.8) is 0 Å². The van der Waals surface area contributed by atoms with E-state index in [0.29, 0.717) is 5.75 Å². The molecule has 0 aromatic heterocycles. The largest absolute Gasteiger partial charge is 0.527 e. The van der Waals surface area contributed by atoms with Gasteiger partial charge in [-0.15, -0.1) is 0 Å². The second-order valence-electron chi connectivity index (χ2n) is 3.53. The van der Waals surface area contributed by atoms with Crippen LogP contribution in [0.5, 0.6) is 5.75 Å². The average Bonchev–Trinajstić information content (AvgIpc) is 2.06. The molecule has 1 N–H and O–H groups in total. The molecule has 1 rings (SSSR count). The Morgan fingerprint density at radius 3 is 2.27 bits per heavy atom. The average molecular weight is 230 g/mol. The highest BCUT2D eigenvalue weighted by molar-refractivity contribution is 7.47. The van der Waals surface area contributed by atoms with Crippen LogP contribution in [0, 0.1) is 6.92 Å². The molecule has 0 aliphatic carbocycles. The van der Waals surface area contributed by atoms with Crippen molar-refractivity contribution >= 4 is 7.82 Å². The quantitative estimate of drug-likeness (QED) is 0.808. The van der Waals surface area contributed by atoms with Gasteiger partial charge in [-0.05, 0) is 32.9 Å². The van der Waals surface area contributed by atoms with Crippen molar-refractivity contribution in [3.05, 3.63) is 29.8 Å². The molecule has 84 valence electrons.